The Hall–Kier alpha value is -1.01. The van der Waals surface area contributed by atoms with Gasteiger partial charge in [0.1, 0.15) is 0 Å². The SMILES string of the molecule is CCCSCC(=O)NC(CC(=O)O)c1ccc(Br)cc1. The van der Waals surface area contributed by atoms with Gasteiger partial charge in [-0.05, 0) is 29.9 Å². The van der Waals surface area contributed by atoms with E-state index in [0.717, 1.165) is 22.2 Å². The molecule has 0 aliphatic rings. The fourth-order valence-corrected chi connectivity index (χ4v) is 2.63. The van der Waals surface area contributed by atoms with Gasteiger partial charge in [0.15, 0.2) is 0 Å². The van der Waals surface area contributed by atoms with E-state index in [4.69, 9.17) is 5.11 Å². The van der Waals surface area contributed by atoms with Crippen molar-refractivity contribution < 1.29 is 14.7 Å². The number of carboxylic acids is 1. The molecular weight excluding hydrogens is 342 g/mol. The summed E-state index contributed by atoms with van der Waals surface area (Å²) in [5.41, 5.74) is 0.796. The molecule has 0 fully saturated rings. The summed E-state index contributed by atoms with van der Waals surface area (Å²) in [6.07, 6.45) is 0.898. The van der Waals surface area contributed by atoms with Crippen LogP contribution >= 0.6 is 27.7 Å². The molecule has 0 aliphatic heterocycles. The van der Waals surface area contributed by atoms with E-state index in [1.165, 1.54) is 0 Å². The quantitative estimate of drug-likeness (QED) is 0.699. The molecule has 6 heteroatoms. The van der Waals surface area contributed by atoms with Crippen molar-refractivity contribution in [1.29, 1.82) is 0 Å². The maximum atomic E-state index is 11.8. The second-order valence-corrected chi connectivity index (χ2v) is 6.34. The minimum absolute atomic E-state index is 0.119. The van der Waals surface area contributed by atoms with Crippen LogP contribution in [0.2, 0.25) is 0 Å². The van der Waals surface area contributed by atoms with E-state index < -0.39 is 12.0 Å². The fraction of sp³-hybridized carbons (Fsp3) is 0.429. The van der Waals surface area contributed by atoms with Crippen LogP contribution < -0.4 is 5.32 Å². The van der Waals surface area contributed by atoms with Gasteiger partial charge >= 0.3 is 5.97 Å². The zero-order chi connectivity index (χ0) is 15.0. The van der Waals surface area contributed by atoms with Crippen molar-refractivity contribution in [2.75, 3.05) is 11.5 Å². The van der Waals surface area contributed by atoms with Gasteiger partial charge in [-0.3, -0.25) is 9.59 Å². The number of aliphatic carboxylic acids is 1. The maximum absolute atomic E-state index is 11.8. The lowest BCUT2D eigenvalue weighted by Crippen LogP contribution is -2.31. The third-order valence-electron chi connectivity index (χ3n) is 2.57. The lowest BCUT2D eigenvalue weighted by Gasteiger charge is -2.17. The first-order valence-electron chi connectivity index (χ1n) is 6.37. The smallest absolute Gasteiger partial charge is 0.305 e. The molecule has 0 spiro atoms. The van der Waals surface area contributed by atoms with Crippen LogP contribution in [0.5, 0.6) is 0 Å². The van der Waals surface area contributed by atoms with Crippen molar-refractivity contribution >= 4 is 39.6 Å². The Morgan fingerprint density at radius 2 is 2.00 bits per heavy atom. The summed E-state index contributed by atoms with van der Waals surface area (Å²) >= 11 is 4.88. The van der Waals surface area contributed by atoms with Crippen molar-refractivity contribution in [3.63, 3.8) is 0 Å². The number of hydrogen-bond acceptors (Lipinski definition) is 3. The van der Waals surface area contributed by atoms with Crippen LogP contribution in [-0.2, 0) is 9.59 Å². The summed E-state index contributed by atoms with van der Waals surface area (Å²) in [5.74, 6) is 0.229. The summed E-state index contributed by atoms with van der Waals surface area (Å²) in [7, 11) is 0. The Morgan fingerprint density at radius 3 is 2.55 bits per heavy atom. The Bertz CT molecular complexity index is 450. The molecule has 4 nitrogen and oxygen atoms in total. The Balaban J connectivity index is 2.67. The van der Waals surface area contributed by atoms with Crippen molar-refractivity contribution in [1.82, 2.24) is 5.32 Å². The Kier molecular flexibility index (Phi) is 7.69. The number of carbonyl (C=O) groups excluding carboxylic acids is 1. The van der Waals surface area contributed by atoms with Crippen molar-refractivity contribution in [3.8, 4) is 0 Å². The number of halogens is 1. The maximum Gasteiger partial charge on any atom is 0.305 e. The molecule has 0 saturated carbocycles. The molecule has 0 aromatic heterocycles. The first-order valence-corrected chi connectivity index (χ1v) is 8.32. The molecule has 20 heavy (non-hydrogen) atoms. The van der Waals surface area contributed by atoms with Crippen LogP contribution in [0.3, 0.4) is 0 Å². The number of thioether (sulfide) groups is 1. The van der Waals surface area contributed by atoms with Gasteiger partial charge < -0.3 is 10.4 Å². The Morgan fingerprint density at radius 1 is 1.35 bits per heavy atom. The normalized spacial score (nSPS) is 11.9. The standard InChI is InChI=1S/C14H18BrNO3S/c1-2-7-20-9-13(17)16-12(8-14(18)19)10-3-5-11(15)6-4-10/h3-6,12H,2,7-9H2,1H3,(H,16,17)(H,18,19). The van der Waals surface area contributed by atoms with Gasteiger partial charge in [0, 0.05) is 4.47 Å². The van der Waals surface area contributed by atoms with Crippen LogP contribution in [-0.4, -0.2) is 28.5 Å². The average Bonchev–Trinajstić information content (AvgIpc) is 2.38. The highest BCUT2D eigenvalue weighted by molar-refractivity contribution is 9.10. The molecule has 0 radical (unpaired) electrons. The van der Waals surface area contributed by atoms with Crippen LogP contribution in [0.15, 0.2) is 28.7 Å². The molecule has 1 amide bonds. The summed E-state index contributed by atoms with van der Waals surface area (Å²) in [4.78, 5) is 22.7. The van der Waals surface area contributed by atoms with E-state index in [2.05, 4.69) is 28.2 Å². The van der Waals surface area contributed by atoms with Gasteiger partial charge in [-0.1, -0.05) is 35.0 Å². The minimum Gasteiger partial charge on any atom is -0.481 e. The van der Waals surface area contributed by atoms with Gasteiger partial charge in [-0.2, -0.15) is 11.8 Å². The first-order chi connectivity index (χ1) is 9.52. The van der Waals surface area contributed by atoms with Crippen LogP contribution in [0.1, 0.15) is 31.4 Å². The molecule has 1 unspecified atom stereocenters. The highest BCUT2D eigenvalue weighted by Crippen LogP contribution is 2.20. The number of amides is 1. The molecule has 0 bridgehead atoms. The van der Waals surface area contributed by atoms with Gasteiger partial charge in [0.2, 0.25) is 5.91 Å². The molecule has 1 atom stereocenters. The number of nitrogens with one attached hydrogen (secondary N) is 1. The molecule has 2 N–H and O–H groups in total. The lowest BCUT2D eigenvalue weighted by atomic mass is 10.0. The average molecular weight is 360 g/mol. The largest absolute Gasteiger partial charge is 0.481 e. The number of carbonyl (C=O) groups is 2. The number of carboxylic acid groups (broad SMARTS) is 1. The summed E-state index contributed by atoms with van der Waals surface area (Å²) in [6, 6.07) is 6.81. The highest BCUT2D eigenvalue weighted by Gasteiger charge is 2.17. The van der Waals surface area contributed by atoms with Crippen LogP contribution in [0.25, 0.3) is 0 Å². The molecule has 0 saturated heterocycles. The molecule has 0 aliphatic carbocycles. The molecule has 1 aromatic carbocycles. The molecule has 1 rings (SSSR count). The van der Waals surface area contributed by atoms with E-state index in [9.17, 15) is 9.59 Å². The van der Waals surface area contributed by atoms with Crippen LogP contribution in [0.4, 0.5) is 0 Å². The van der Waals surface area contributed by atoms with Crippen molar-refractivity contribution in [3.05, 3.63) is 34.3 Å². The second-order valence-electron chi connectivity index (χ2n) is 4.32. The van der Waals surface area contributed by atoms with Gasteiger partial charge in [0.25, 0.3) is 0 Å². The lowest BCUT2D eigenvalue weighted by molar-refractivity contribution is -0.137. The van der Waals surface area contributed by atoms with E-state index in [-0.39, 0.29) is 12.3 Å². The summed E-state index contributed by atoms with van der Waals surface area (Å²) < 4.78 is 0.917. The highest BCUT2D eigenvalue weighted by atomic mass is 79.9. The van der Waals surface area contributed by atoms with Gasteiger partial charge in [0.05, 0.1) is 18.2 Å². The molecule has 110 valence electrons. The zero-order valence-electron chi connectivity index (χ0n) is 11.3. The first kappa shape index (κ1) is 17.0. The topological polar surface area (TPSA) is 66.4 Å². The van der Waals surface area contributed by atoms with Crippen molar-refractivity contribution in [2.24, 2.45) is 0 Å². The number of benzene rings is 1. The van der Waals surface area contributed by atoms with Crippen LogP contribution in [0, 0.1) is 0 Å². The van der Waals surface area contributed by atoms with Crippen molar-refractivity contribution in [2.45, 2.75) is 25.8 Å². The predicted octanol–water partition coefficient (Wildman–Crippen LogP) is 3.22. The second kappa shape index (κ2) is 9.02. The monoisotopic (exact) mass is 359 g/mol. The molecule has 1 aromatic rings. The third kappa shape index (κ3) is 6.43. The predicted molar refractivity (Wildman–Crippen MR) is 84.9 cm³/mol. The van der Waals surface area contributed by atoms with E-state index >= 15 is 0 Å². The van der Waals surface area contributed by atoms with Gasteiger partial charge in [-0.15, -0.1) is 0 Å². The van der Waals surface area contributed by atoms with Gasteiger partial charge in [-0.25, -0.2) is 0 Å². The molecular formula is C14H18BrNO3S. The van der Waals surface area contributed by atoms with E-state index in [1.807, 2.05) is 24.3 Å². The Labute approximate surface area is 131 Å². The number of hydrogen-bond donors (Lipinski definition) is 2. The summed E-state index contributed by atoms with van der Waals surface area (Å²) in [5, 5.41) is 11.7. The summed E-state index contributed by atoms with van der Waals surface area (Å²) in [6.45, 7) is 2.06. The van der Waals surface area contributed by atoms with E-state index in [0.29, 0.717) is 5.75 Å². The zero-order valence-corrected chi connectivity index (χ0v) is 13.7. The number of rotatable bonds is 8. The fourth-order valence-electron chi connectivity index (χ4n) is 1.67. The minimum atomic E-state index is -0.931. The van der Waals surface area contributed by atoms with E-state index in [1.54, 1.807) is 11.8 Å². The molecule has 0 heterocycles. The third-order valence-corrected chi connectivity index (χ3v) is 4.26.